The molecule has 1 N–H and O–H groups in total. The average Bonchev–Trinajstić information content (AvgIpc) is 2.94. The number of hydrogen-bond acceptors (Lipinski definition) is 4. The fraction of sp³-hybridized carbons (Fsp3) is 0.688. The van der Waals surface area contributed by atoms with Crippen LogP contribution in [-0.2, 0) is 0 Å². The van der Waals surface area contributed by atoms with E-state index in [-0.39, 0.29) is 0 Å². The number of rotatable bonds is 4. The maximum atomic E-state index is 4.45. The summed E-state index contributed by atoms with van der Waals surface area (Å²) < 4.78 is 0.484. The lowest BCUT2D eigenvalue weighted by Crippen LogP contribution is -2.46. The van der Waals surface area contributed by atoms with Crippen LogP contribution in [0.5, 0.6) is 0 Å². The Balaban J connectivity index is 1.44. The number of hydrogen-bond donors (Lipinski definition) is 1. The molecule has 0 saturated carbocycles. The molecule has 1 unspecified atom stereocenters. The fourth-order valence-corrected chi connectivity index (χ4v) is 4.45. The van der Waals surface area contributed by atoms with Gasteiger partial charge in [-0.25, -0.2) is 4.98 Å². The first-order valence-electron chi connectivity index (χ1n) is 7.79. The average molecular weight is 291 g/mol. The minimum Gasteiger partial charge on any atom is -0.357 e. The van der Waals surface area contributed by atoms with Crippen LogP contribution in [-0.4, -0.2) is 41.2 Å². The van der Waals surface area contributed by atoms with Gasteiger partial charge in [0, 0.05) is 36.6 Å². The van der Waals surface area contributed by atoms with Crippen molar-refractivity contribution < 1.29 is 0 Å². The molecule has 2 aliphatic rings. The summed E-state index contributed by atoms with van der Waals surface area (Å²) in [6, 6.07) is 6.86. The van der Waals surface area contributed by atoms with Crippen molar-refractivity contribution in [2.24, 2.45) is 0 Å². The SMILES string of the molecule is CC1(CNC2CCN(c3ccccn3)CC2)CCCS1. The Morgan fingerprint density at radius 1 is 1.40 bits per heavy atom. The maximum absolute atomic E-state index is 4.45. The lowest BCUT2D eigenvalue weighted by Gasteiger charge is -2.35. The van der Waals surface area contributed by atoms with Crippen molar-refractivity contribution in [3.05, 3.63) is 24.4 Å². The number of anilines is 1. The number of piperidine rings is 1. The van der Waals surface area contributed by atoms with Gasteiger partial charge in [0.15, 0.2) is 0 Å². The molecule has 3 nitrogen and oxygen atoms in total. The molecule has 0 aromatic carbocycles. The second kappa shape index (κ2) is 6.35. The summed E-state index contributed by atoms with van der Waals surface area (Å²) in [5.74, 6) is 2.47. The molecule has 3 heterocycles. The van der Waals surface area contributed by atoms with E-state index in [1.165, 1.54) is 38.0 Å². The summed E-state index contributed by atoms with van der Waals surface area (Å²) in [7, 11) is 0. The maximum Gasteiger partial charge on any atom is 0.128 e. The Labute approximate surface area is 126 Å². The lowest BCUT2D eigenvalue weighted by molar-refractivity contribution is 0.392. The van der Waals surface area contributed by atoms with Crippen molar-refractivity contribution in [3.8, 4) is 0 Å². The Hall–Kier alpha value is -0.740. The summed E-state index contributed by atoms with van der Waals surface area (Å²) in [6.07, 6.45) is 7.12. The van der Waals surface area contributed by atoms with Crippen molar-refractivity contribution >= 4 is 17.6 Å². The van der Waals surface area contributed by atoms with Gasteiger partial charge in [-0.3, -0.25) is 0 Å². The Morgan fingerprint density at radius 2 is 2.25 bits per heavy atom. The largest absolute Gasteiger partial charge is 0.357 e. The molecule has 0 radical (unpaired) electrons. The standard InChI is InChI=1S/C16H25N3S/c1-16(8-4-12-20-16)13-18-14-6-10-19(11-7-14)15-5-2-3-9-17-15/h2-3,5,9,14,18H,4,6-8,10-13H2,1H3. The third kappa shape index (κ3) is 3.47. The van der Waals surface area contributed by atoms with Crippen LogP contribution in [0, 0.1) is 0 Å². The third-order valence-electron chi connectivity index (χ3n) is 4.53. The van der Waals surface area contributed by atoms with E-state index in [1.807, 2.05) is 12.3 Å². The minimum atomic E-state index is 0.484. The summed E-state index contributed by atoms with van der Waals surface area (Å²) in [6.45, 7) is 5.84. The van der Waals surface area contributed by atoms with Gasteiger partial charge in [0.2, 0.25) is 0 Å². The lowest BCUT2D eigenvalue weighted by atomic mass is 10.0. The van der Waals surface area contributed by atoms with Gasteiger partial charge < -0.3 is 10.2 Å². The highest BCUT2D eigenvalue weighted by Gasteiger charge is 2.30. The monoisotopic (exact) mass is 291 g/mol. The molecular weight excluding hydrogens is 266 g/mol. The van der Waals surface area contributed by atoms with Crippen molar-refractivity contribution in [2.45, 2.75) is 43.4 Å². The Morgan fingerprint density at radius 3 is 2.90 bits per heavy atom. The highest BCUT2D eigenvalue weighted by atomic mass is 32.2. The van der Waals surface area contributed by atoms with Gasteiger partial charge in [0.1, 0.15) is 5.82 Å². The van der Waals surface area contributed by atoms with Crippen LogP contribution in [0.25, 0.3) is 0 Å². The second-order valence-corrected chi connectivity index (χ2v) is 7.91. The number of nitrogens with one attached hydrogen (secondary N) is 1. The quantitative estimate of drug-likeness (QED) is 0.923. The van der Waals surface area contributed by atoms with Crippen LogP contribution in [0.15, 0.2) is 24.4 Å². The molecule has 110 valence electrons. The van der Waals surface area contributed by atoms with Crippen LogP contribution >= 0.6 is 11.8 Å². The second-order valence-electron chi connectivity index (χ2n) is 6.23. The smallest absolute Gasteiger partial charge is 0.128 e. The first-order valence-corrected chi connectivity index (χ1v) is 8.77. The van der Waals surface area contributed by atoms with Crippen molar-refractivity contribution in [1.29, 1.82) is 0 Å². The van der Waals surface area contributed by atoms with E-state index in [0.29, 0.717) is 10.8 Å². The van der Waals surface area contributed by atoms with Crippen molar-refractivity contribution in [3.63, 3.8) is 0 Å². The fourth-order valence-electron chi connectivity index (χ4n) is 3.19. The van der Waals surface area contributed by atoms with E-state index in [4.69, 9.17) is 0 Å². The van der Waals surface area contributed by atoms with Crippen LogP contribution in [0.4, 0.5) is 5.82 Å². The molecule has 20 heavy (non-hydrogen) atoms. The topological polar surface area (TPSA) is 28.2 Å². The predicted molar refractivity (Wildman–Crippen MR) is 87.6 cm³/mol. The molecule has 2 saturated heterocycles. The zero-order valence-corrected chi connectivity index (χ0v) is 13.2. The van der Waals surface area contributed by atoms with Gasteiger partial charge >= 0.3 is 0 Å². The first kappa shape index (κ1) is 14.2. The van der Waals surface area contributed by atoms with Gasteiger partial charge in [-0.05, 0) is 50.5 Å². The van der Waals surface area contributed by atoms with Crippen LogP contribution in [0.3, 0.4) is 0 Å². The molecule has 0 spiro atoms. The predicted octanol–water partition coefficient (Wildman–Crippen LogP) is 2.93. The summed E-state index contributed by atoms with van der Waals surface area (Å²) in [5, 5.41) is 3.81. The van der Waals surface area contributed by atoms with Crippen molar-refractivity contribution in [1.82, 2.24) is 10.3 Å². The van der Waals surface area contributed by atoms with E-state index < -0.39 is 0 Å². The summed E-state index contributed by atoms with van der Waals surface area (Å²) >= 11 is 2.15. The number of pyridine rings is 1. The molecule has 0 aliphatic carbocycles. The van der Waals surface area contributed by atoms with Crippen LogP contribution in [0.2, 0.25) is 0 Å². The zero-order chi connectivity index (χ0) is 13.8. The highest BCUT2D eigenvalue weighted by Crippen LogP contribution is 2.37. The number of nitrogens with zero attached hydrogens (tertiary/aromatic N) is 2. The van der Waals surface area contributed by atoms with Gasteiger partial charge in [0.25, 0.3) is 0 Å². The molecule has 2 aliphatic heterocycles. The molecule has 2 fully saturated rings. The number of aromatic nitrogens is 1. The molecule has 4 heteroatoms. The molecule has 3 rings (SSSR count). The van der Waals surface area contributed by atoms with E-state index >= 15 is 0 Å². The van der Waals surface area contributed by atoms with Crippen LogP contribution in [0.1, 0.15) is 32.6 Å². The van der Waals surface area contributed by atoms with Gasteiger partial charge in [0.05, 0.1) is 0 Å². The first-order chi connectivity index (χ1) is 9.75. The van der Waals surface area contributed by atoms with E-state index in [2.05, 4.69) is 46.0 Å². The zero-order valence-electron chi connectivity index (χ0n) is 12.3. The Kier molecular flexibility index (Phi) is 4.51. The minimum absolute atomic E-state index is 0.484. The van der Waals surface area contributed by atoms with Crippen LogP contribution < -0.4 is 10.2 Å². The van der Waals surface area contributed by atoms with Gasteiger partial charge in [-0.2, -0.15) is 11.8 Å². The number of thioether (sulfide) groups is 1. The highest BCUT2D eigenvalue weighted by molar-refractivity contribution is 8.00. The molecule has 1 atom stereocenters. The summed E-state index contributed by atoms with van der Waals surface area (Å²) in [5.41, 5.74) is 0. The van der Waals surface area contributed by atoms with E-state index in [0.717, 1.165) is 18.9 Å². The molecular formula is C16H25N3S. The Bertz CT molecular complexity index is 409. The summed E-state index contributed by atoms with van der Waals surface area (Å²) in [4.78, 5) is 6.86. The van der Waals surface area contributed by atoms with Gasteiger partial charge in [-0.15, -0.1) is 0 Å². The third-order valence-corrected chi connectivity index (χ3v) is 6.07. The molecule has 1 aromatic heterocycles. The normalized spacial score (nSPS) is 27.9. The van der Waals surface area contributed by atoms with Crippen molar-refractivity contribution in [2.75, 3.05) is 30.3 Å². The van der Waals surface area contributed by atoms with Gasteiger partial charge in [-0.1, -0.05) is 6.07 Å². The molecule has 0 amide bonds. The van der Waals surface area contributed by atoms with E-state index in [9.17, 15) is 0 Å². The molecule has 0 bridgehead atoms. The van der Waals surface area contributed by atoms with E-state index in [1.54, 1.807) is 0 Å². The molecule has 1 aromatic rings.